The number of likely N-dealkylation sites (tertiary alicyclic amines) is 1. The molecule has 144 valence electrons. The van der Waals surface area contributed by atoms with Gasteiger partial charge in [0.1, 0.15) is 17.3 Å². The van der Waals surface area contributed by atoms with E-state index in [0.717, 1.165) is 17.7 Å². The molecule has 7 heteroatoms. The van der Waals surface area contributed by atoms with Crippen LogP contribution in [0.2, 0.25) is 5.02 Å². The summed E-state index contributed by atoms with van der Waals surface area (Å²) in [5.41, 5.74) is -1.49. The van der Waals surface area contributed by atoms with Crippen LogP contribution in [0.25, 0.3) is 0 Å². The van der Waals surface area contributed by atoms with Crippen LogP contribution in [0.5, 0.6) is 0 Å². The molecular formula is C20H22ClF2N3O. The SMILES string of the molecule is [2H]C([2H])(CCC1(F)CCN(C(=O)c2ccc(F)c(Cl)c2)CC1([2H])[2H])c1ncc(C)cn1. The summed E-state index contributed by atoms with van der Waals surface area (Å²) in [7, 11) is 0. The van der Waals surface area contributed by atoms with Crippen molar-refractivity contribution in [2.75, 3.05) is 13.1 Å². The third kappa shape index (κ3) is 5.01. The highest BCUT2D eigenvalue weighted by Crippen LogP contribution is 2.32. The van der Waals surface area contributed by atoms with Gasteiger partial charge in [-0.1, -0.05) is 11.6 Å². The highest BCUT2D eigenvalue weighted by atomic mass is 35.5. The van der Waals surface area contributed by atoms with Gasteiger partial charge in [0.2, 0.25) is 0 Å². The van der Waals surface area contributed by atoms with Crippen LogP contribution in [-0.4, -0.2) is 39.5 Å². The van der Waals surface area contributed by atoms with Crippen LogP contribution in [0, 0.1) is 12.7 Å². The van der Waals surface area contributed by atoms with E-state index in [4.69, 9.17) is 17.1 Å². The smallest absolute Gasteiger partial charge is 0.253 e. The van der Waals surface area contributed by atoms with Gasteiger partial charge in [-0.15, -0.1) is 0 Å². The Labute approximate surface area is 168 Å². The lowest BCUT2D eigenvalue weighted by atomic mass is 9.88. The third-order valence-electron chi connectivity index (χ3n) is 4.40. The maximum atomic E-state index is 15.6. The summed E-state index contributed by atoms with van der Waals surface area (Å²) < 4.78 is 61.8. The Bertz CT molecular complexity index is 977. The van der Waals surface area contributed by atoms with Gasteiger partial charge in [-0.05, 0) is 56.3 Å². The monoisotopic (exact) mass is 397 g/mol. The average molecular weight is 398 g/mol. The van der Waals surface area contributed by atoms with Gasteiger partial charge in [0.05, 0.1) is 5.02 Å². The maximum Gasteiger partial charge on any atom is 0.253 e. The third-order valence-corrected chi connectivity index (χ3v) is 4.69. The molecule has 1 amide bonds. The van der Waals surface area contributed by atoms with Crippen molar-refractivity contribution in [3.63, 3.8) is 0 Å². The van der Waals surface area contributed by atoms with Crippen LogP contribution in [0.15, 0.2) is 30.6 Å². The van der Waals surface area contributed by atoms with Crippen molar-refractivity contribution < 1.29 is 19.1 Å². The Morgan fingerprint density at radius 3 is 2.81 bits per heavy atom. The molecule has 1 saturated heterocycles. The molecule has 1 aliphatic rings. The van der Waals surface area contributed by atoms with Crippen molar-refractivity contribution >= 4 is 17.5 Å². The summed E-state index contributed by atoms with van der Waals surface area (Å²) >= 11 is 5.72. The fourth-order valence-corrected chi connectivity index (χ4v) is 2.95. The first-order valence-electron chi connectivity index (χ1n) is 10.6. The number of halogens is 3. The topological polar surface area (TPSA) is 46.1 Å². The minimum absolute atomic E-state index is 0.0616. The molecule has 0 N–H and O–H groups in total. The molecule has 0 aliphatic carbocycles. The molecule has 0 radical (unpaired) electrons. The molecule has 0 spiro atoms. The number of benzene rings is 1. The molecule has 0 bridgehead atoms. The molecule has 1 aromatic heterocycles. The van der Waals surface area contributed by atoms with E-state index in [0.29, 0.717) is 0 Å². The first-order chi connectivity index (χ1) is 14.3. The number of hydrogen-bond donors (Lipinski definition) is 0. The molecule has 2 aromatic rings. The predicted octanol–water partition coefficient (Wildman–Crippen LogP) is 4.54. The molecule has 27 heavy (non-hydrogen) atoms. The zero-order valence-electron chi connectivity index (χ0n) is 18.8. The lowest BCUT2D eigenvalue weighted by Crippen LogP contribution is -2.44. The van der Waals surface area contributed by atoms with Crippen LogP contribution >= 0.6 is 11.6 Å². The number of carbonyl (C=O) groups excluding carboxylic acids is 1. The fourth-order valence-electron chi connectivity index (χ4n) is 2.77. The molecule has 1 aromatic carbocycles. The van der Waals surface area contributed by atoms with Gasteiger partial charge in [-0.2, -0.15) is 0 Å². The summed E-state index contributed by atoms with van der Waals surface area (Å²) in [4.78, 5) is 21.8. The molecule has 4 nitrogen and oxygen atoms in total. The Morgan fingerprint density at radius 1 is 1.41 bits per heavy atom. The van der Waals surface area contributed by atoms with Crippen molar-refractivity contribution in [3.05, 3.63) is 58.4 Å². The second-order valence-electron chi connectivity index (χ2n) is 6.51. The Hall–Kier alpha value is -2.08. The van der Waals surface area contributed by atoms with E-state index in [9.17, 15) is 9.18 Å². The zero-order chi connectivity index (χ0) is 23.0. The van der Waals surface area contributed by atoms with E-state index in [-0.39, 0.29) is 35.8 Å². The van der Waals surface area contributed by atoms with Crippen molar-refractivity contribution in [1.82, 2.24) is 14.9 Å². The summed E-state index contributed by atoms with van der Waals surface area (Å²) in [6.07, 6.45) is -2.50. The van der Waals surface area contributed by atoms with Gasteiger partial charge in [0, 0.05) is 42.9 Å². The highest BCUT2D eigenvalue weighted by Gasteiger charge is 2.35. The number of hydrogen-bond acceptors (Lipinski definition) is 3. The number of rotatable bonds is 5. The maximum absolute atomic E-state index is 15.6. The second kappa shape index (κ2) is 8.30. The van der Waals surface area contributed by atoms with Gasteiger partial charge in [-0.25, -0.2) is 18.7 Å². The van der Waals surface area contributed by atoms with Gasteiger partial charge >= 0.3 is 0 Å². The van der Waals surface area contributed by atoms with Gasteiger partial charge in [0.25, 0.3) is 5.91 Å². The Balaban J connectivity index is 1.70. The van der Waals surface area contributed by atoms with E-state index >= 15 is 4.39 Å². The first-order valence-corrected chi connectivity index (χ1v) is 8.95. The van der Waals surface area contributed by atoms with Crippen LogP contribution in [0.4, 0.5) is 8.78 Å². The average Bonchev–Trinajstić information content (AvgIpc) is 2.70. The highest BCUT2D eigenvalue weighted by molar-refractivity contribution is 6.31. The normalized spacial score (nSPS) is 24.5. The first kappa shape index (κ1) is 14.9. The van der Waals surface area contributed by atoms with E-state index in [2.05, 4.69) is 9.97 Å². The predicted molar refractivity (Wildman–Crippen MR) is 100 cm³/mol. The van der Waals surface area contributed by atoms with E-state index in [1.807, 2.05) is 0 Å². The number of aryl methyl sites for hydroxylation is 2. The van der Waals surface area contributed by atoms with Crippen LogP contribution < -0.4 is 0 Å². The second-order valence-corrected chi connectivity index (χ2v) is 6.92. The van der Waals surface area contributed by atoms with E-state index < -0.39 is 43.1 Å². The molecule has 1 fully saturated rings. The summed E-state index contributed by atoms with van der Waals surface area (Å²) in [6.45, 7) is 1.19. The van der Waals surface area contributed by atoms with Gasteiger partial charge < -0.3 is 4.90 Å². The molecule has 0 saturated carbocycles. The van der Waals surface area contributed by atoms with E-state index in [1.165, 1.54) is 23.4 Å². The zero-order valence-corrected chi connectivity index (χ0v) is 15.6. The van der Waals surface area contributed by atoms with Gasteiger partial charge in [0.15, 0.2) is 0 Å². The molecule has 1 atom stereocenters. The Morgan fingerprint density at radius 2 is 2.15 bits per heavy atom. The number of piperidine rings is 1. The lowest BCUT2D eigenvalue weighted by Gasteiger charge is -2.36. The minimum atomic E-state index is -2.41. The largest absolute Gasteiger partial charge is 0.338 e. The fraction of sp³-hybridized carbons (Fsp3) is 0.450. The van der Waals surface area contributed by atoms with Crippen molar-refractivity contribution in [2.45, 2.75) is 44.6 Å². The standard InChI is InChI=1S/C20H22ClF2N3O/c1-14-12-24-18(25-13-14)3-2-6-20(23)7-9-26(10-8-20)19(27)15-4-5-17(22)16(21)11-15/h4-5,11-13H,2-3,6-10H2,1H3/i3D2,7D2. The molecular weight excluding hydrogens is 372 g/mol. The van der Waals surface area contributed by atoms with Crippen LogP contribution in [0.3, 0.4) is 0 Å². The van der Waals surface area contributed by atoms with Crippen molar-refractivity contribution in [1.29, 1.82) is 0 Å². The number of alkyl halides is 1. The summed E-state index contributed by atoms with van der Waals surface area (Å²) in [5, 5.41) is -0.230. The molecule has 2 heterocycles. The molecule has 3 rings (SSSR count). The van der Waals surface area contributed by atoms with Crippen molar-refractivity contribution in [2.24, 2.45) is 0 Å². The van der Waals surface area contributed by atoms with Crippen molar-refractivity contribution in [3.8, 4) is 0 Å². The lowest BCUT2D eigenvalue weighted by molar-refractivity contribution is 0.0389. The van der Waals surface area contributed by atoms with Crippen LogP contribution in [0.1, 0.15) is 52.9 Å². The number of carbonyl (C=O) groups is 1. The van der Waals surface area contributed by atoms with Crippen LogP contribution in [-0.2, 0) is 6.37 Å². The quantitative estimate of drug-likeness (QED) is 0.743. The van der Waals surface area contributed by atoms with Gasteiger partial charge in [-0.3, -0.25) is 4.79 Å². The summed E-state index contributed by atoms with van der Waals surface area (Å²) in [5.74, 6) is -1.33. The minimum Gasteiger partial charge on any atom is -0.338 e. The molecule has 1 unspecified atom stereocenters. The number of amides is 1. The number of aromatic nitrogens is 2. The Kier molecular flexibility index (Phi) is 4.58. The molecule has 1 aliphatic heterocycles. The van der Waals surface area contributed by atoms with E-state index in [1.54, 1.807) is 6.92 Å². The number of nitrogens with zero attached hydrogens (tertiary/aromatic N) is 3. The summed E-state index contributed by atoms with van der Waals surface area (Å²) in [6, 6.07) is 3.44.